The van der Waals surface area contributed by atoms with Crippen molar-refractivity contribution < 1.29 is 13.6 Å². The molecule has 6 nitrogen and oxygen atoms in total. The predicted molar refractivity (Wildman–Crippen MR) is 102 cm³/mol. The first kappa shape index (κ1) is 19.7. The highest BCUT2D eigenvalue weighted by Gasteiger charge is 2.22. The molecule has 1 atom stereocenters. The van der Waals surface area contributed by atoms with E-state index in [-0.39, 0.29) is 11.6 Å². The smallest absolute Gasteiger partial charge is 0.282 e. The minimum Gasteiger partial charge on any atom is -0.350 e. The number of hydrogen-bond acceptors (Lipinski definition) is 3. The standard InChI is InChI=1S/C20H23F2N5O/c1-12-10-18(19(21)22)25-26(12)15(4)20(28)23-11-17-13(2)24-27(14(17)3)16-8-6-5-7-9-16/h5-10,15,19H,11H2,1-4H3,(H,23,28). The summed E-state index contributed by atoms with van der Waals surface area (Å²) < 4.78 is 28.8. The lowest BCUT2D eigenvalue weighted by molar-refractivity contribution is -0.124. The van der Waals surface area contributed by atoms with Crippen molar-refractivity contribution in [1.29, 1.82) is 0 Å². The minimum absolute atomic E-state index is 0.293. The van der Waals surface area contributed by atoms with Crippen molar-refractivity contribution in [3.8, 4) is 5.69 Å². The fourth-order valence-corrected chi connectivity index (χ4v) is 3.20. The molecule has 148 valence electrons. The summed E-state index contributed by atoms with van der Waals surface area (Å²) in [7, 11) is 0. The molecule has 0 spiro atoms. The highest BCUT2D eigenvalue weighted by Crippen LogP contribution is 2.21. The molecule has 1 N–H and O–H groups in total. The Kier molecular flexibility index (Phi) is 5.58. The molecule has 0 aliphatic heterocycles. The van der Waals surface area contributed by atoms with Crippen LogP contribution < -0.4 is 5.32 Å². The van der Waals surface area contributed by atoms with E-state index in [1.165, 1.54) is 10.7 Å². The molecule has 2 aromatic heterocycles. The van der Waals surface area contributed by atoms with E-state index in [1.807, 2.05) is 48.9 Å². The van der Waals surface area contributed by atoms with Crippen molar-refractivity contribution >= 4 is 5.91 Å². The van der Waals surface area contributed by atoms with Crippen LogP contribution in [0, 0.1) is 20.8 Å². The van der Waals surface area contributed by atoms with Crippen LogP contribution in [-0.4, -0.2) is 25.5 Å². The molecule has 8 heteroatoms. The van der Waals surface area contributed by atoms with Gasteiger partial charge in [0, 0.05) is 23.5 Å². The first-order valence-electron chi connectivity index (χ1n) is 9.02. The van der Waals surface area contributed by atoms with Crippen molar-refractivity contribution in [3.63, 3.8) is 0 Å². The van der Waals surface area contributed by atoms with Gasteiger partial charge < -0.3 is 5.32 Å². The molecule has 3 rings (SSSR count). The number of halogens is 2. The van der Waals surface area contributed by atoms with Gasteiger partial charge in [0.25, 0.3) is 6.43 Å². The highest BCUT2D eigenvalue weighted by atomic mass is 19.3. The number of aromatic nitrogens is 4. The maximum atomic E-state index is 12.8. The molecule has 1 unspecified atom stereocenters. The maximum Gasteiger partial charge on any atom is 0.282 e. The number of rotatable bonds is 6. The highest BCUT2D eigenvalue weighted by molar-refractivity contribution is 5.79. The van der Waals surface area contributed by atoms with Crippen LogP contribution in [0.25, 0.3) is 5.69 Å². The summed E-state index contributed by atoms with van der Waals surface area (Å²) in [6.45, 7) is 7.43. The Hall–Kier alpha value is -3.03. The second-order valence-corrected chi connectivity index (χ2v) is 6.75. The summed E-state index contributed by atoms with van der Waals surface area (Å²) >= 11 is 0. The summed E-state index contributed by atoms with van der Waals surface area (Å²) in [5.41, 5.74) is 3.82. The minimum atomic E-state index is -2.66. The van der Waals surface area contributed by atoms with E-state index in [2.05, 4.69) is 15.5 Å². The van der Waals surface area contributed by atoms with Crippen LogP contribution in [0.4, 0.5) is 8.78 Å². The molecule has 2 heterocycles. The third-order valence-corrected chi connectivity index (χ3v) is 4.79. The van der Waals surface area contributed by atoms with Crippen molar-refractivity contribution in [2.24, 2.45) is 0 Å². The molecule has 0 aliphatic rings. The van der Waals surface area contributed by atoms with E-state index in [0.717, 1.165) is 22.6 Å². The Morgan fingerprint density at radius 2 is 1.82 bits per heavy atom. The van der Waals surface area contributed by atoms with Gasteiger partial charge in [-0.05, 0) is 45.9 Å². The fourth-order valence-electron chi connectivity index (χ4n) is 3.20. The Labute approximate surface area is 162 Å². The topological polar surface area (TPSA) is 64.7 Å². The number of carbonyl (C=O) groups is 1. The lowest BCUT2D eigenvalue weighted by Gasteiger charge is -2.15. The number of benzene rings is 1. The van der Waals surface area contributed by atoms with Crippen molar-refractivity contribution in [2.45, 2.75) is 46.7 Å². The molecule has 0 fully saturated rings. The van der Waals surface area contributed by atoms with Gasteiger partial charge in [-0.2, -0.15) is 10.2 Å². The zero-order valence-electron chi connectivity index (χ0n) is 16.3. The van der Waals surface area contributed by atoms with Crippen LogP contribution >= 0.6 is 0 Å². The van der Waals surface area contributed by atoms with Crippen LogP contribution in [0.1, 0.15) is 47.7 Å². The number of nitrogens with one attached hydrogen (secondary N) is 1. The monoisotopic (exact) mass is 387 g/mol. The molecule has 0 aliphatic carbocycles. The summed E-state index contributed by atoms with van der Waals surface area (Å²) in [4.78, 5) is 12.6. The predicted octanol–water partition coefficient (Wildman–Crippen LogP) is 3.81. The average molecular weight is 387 g/mol. The summed E-state index contributed by atoms with van der Waals surface area (Å²) in [6.07, 6.45) is -2.66. The van der Waals surface area contributed by atoms with Crippen LogP contribution in [-0.2, 0) is 11.3 Å². The first-order chi connectivity index (χ1) is 13.3. The van der Waals surface area contributed by atoms with E-state index in [4.69, 9.17) is 0 Å². The van der Waals surface area contributed by atoms with Gasteiger partial charge in [0.2, 0.25) is 5.91 Å². The van der Waals surface area contributed by atoms with Gasteiger partial charge in [0.05, 0.1) is 11.4 Å². The molecule has 28 heavy (non-hydrogen) atoms. The zero-order valence-corrected chi connectivity index (χ0v) is 16.3. The number of hydrogen-bond donors (Lipinski definition) is 1. The maximum absolute atomic E-state index is 12.8. The molecule has 1 amide bonds. The molecule has 0 radical (unpaired) electrons. The largest absolute Gasteiger partial charge is 0.350 e. The SMILES string of the molecule is Cc1nn(-c2ccccc2)c(C)c1CNC(=O)C(C)n1nc(C(F)F)cc1C. The number of alkyl halides is 2. The zero-order chi connectivity index (χ0) is 20.4. The number of amides is 1. The summed E-state index contributed by atoms with van der Waals surface area (Å²) in [5, 5.41) is 11.3. The Balaban J connectivity index is 1.74. The van der Waals surface area contributed by atoms with Gasteiger partial charge in [-0.15, -0.1) is 0 Å². The second kappa shape index (κ2) is 7.92. The Bertz CT molecular complexity index is 978. The molecular formula is C20H23F2N5O. The van der Waals surface area contributed by atoms with E-state index in [0.29, 0.717) is 12.2 Å². The second-order valence-electron chi connectivity index (χ2n) is 6.75. The van der Waals surface area contributed by atoms with Gasteiger partial charge in [0.1, 0.15) is 11.7 Å². The number of aryl methyl sites for hydroxylation is 2. The molecule has 1 aromatic carbocycles. The lowest BCUT2D eigenvalue weighted by Crippen LogP contribution is -2.32. The summed E-state index contributed by atoms with van der Waals surface area (Å²) in [6, 6.07) is 10.3. The van der Waals surface area contributed by atoms with Crippen LogP contribution in [0.5, 0.6) is 0 Å². The summed E-state index contributed by atoms with van der Waals surface area (Å²) in [5.74, 6) is -0.293. The van der Waals surface area contributed by atoms with E-state index in [9.17, 15) is 13.6 Å². The molecule has 0 bridgehead atoms. The quantitative estimate of drug-likeness (QED) is 0.700. The molecular weight excluding hydrogens is 364 g/mol. The molecule has 0 saturated carbocycles. The normalized spacial score (nSPS) is 12.4. The number of para-hydroxylation sites is 1. The van der Waals surface area contributed by atoms with Crippen LogP contribution in [0.15, 0.2) is 36.4 Å². The lowest BCUT2D eigenvalue weighted by atomic mass is 10.2. The number of nitrogens with zero attached hydrogens (tertiary/aromatic N) is 4. The third kappa shape index (κ3) is 3.81. The van der Waals surface area contributed by atoms with Gasteiger partial charge in [-0.25, -0.2) is 13.5 Å². The van der Waals surface area contributed by atoms with Gasteiger partial charge in [0.15, 0.2) is 0 Å². The van der Waals surface area contributed by atoms with E-state index in [1.54, 1.807) is 13.8 Å². The Morgan fingerprint density at radius 3 is 2.43 bits per heavy atom. The van der Waals surface area contributed by atoms with Crippen molar-refractivity contribution in [3.05, 3.63) is 64.7 Å². The van der Waals surface area contributed by atoms with Gasteiger partial charge in [-0.3, -0.25) is 9.48 Å². The van der Waals surface area contributed by atoms with Crippen LogP contribution in [0.3, 0.4) is 0 Å². The fraction of sp³-hybridized carbons (Fsp3) is 0.350. The van der Waals surface area contributed by atoms with E-state index < -0.39 is 12.5 Å². The first-order valence-corrected chi connectivity index (χ1v) is 9.02. The number of carbonyl (C=O) groups excluding carboxylic acids is 1. The van der Waals surface area contributed by atoms with Crippen molar-refractivity contribution in [1.82, 2.24) is 24.9 Å². The molecule has 0 saturated heterocycles. The van der Waals surface area contributed by atoms with Crippen LogP contribution in [0.2, 0.25) is 0 Å². The van der Waals surface area contributed by atoms with Gasteiger partial charge in [-0.1, -0.05) is 18.2 Å². The van der Waals surface area contributed by atoms with Crippen molar-refractivity contribution in [2.75, 3.05) is 0 Å². The third-order valence-electron chi connectivity index (χ3n) is 4.79. The average Bonchev–Trinajstić information content (AvgIpc) is 3.20. The molecule has 3 aromatic rings. The van der Waals surface area contributed by atoms with Gasteiger partial charge >= 0.3 is 0 Å². The Morgan fingerprint density at radius 1 is 1.14 bits per heavy atom. The van der Waals surface area contributed by atoms with E-state index >= 15 is 0 Å².